The van der Waals surface area contributed by atoms with Crippen molar-refractivity contribution in [2.24, 2.45) is 7.05 Å². The zero-order chi connectivity index (χ0) is 23.3. The van der Waals surface area contributed by atoms with Crippen LogP contribution in [0.25, 0.3) is 10.9 Å². The molecule has 1 saturated heterocycles. The van der Waals surface area contributed by atoms with Gasteiger partial charge < -0.3 is 14.8 Å². The van der Waals surface area contributed by atoms with Gasteiger partial charge in [-0.15, -0.1) is 0 Å². The summed E-state index contributed by atoms with van der Waals surface area (Å²) in [5, 5.41) is 5.99. The quantitative estimate of drug-likeness (QED) is 0.597. The Morgan fingerprint density at radius 2 is 2.00 bits per heavy atom. The molecule has 168 valence electrons. The van der Waals surface area contributed by atoms with Gasteiger partial charge in [-0.05, 0) is 47.7 Å². The van der Waals surface area contributed by atoms with Crippen LogP contribution in [0.2, 0.25) is 0 Å². The number of nitrogens with zero attached hydrogens (tertiary/aromatic N) is 2. The number of benzene rings is 2. The summed E-state index contributed by atoms with van der Waals surface area (Å²) < 4.78 is 16.7. The number of carbonyl (C=O) groups is 4. The number of aromatic nitrogens is 1. The van der Waals surface area contributed by atoms with Crippen molar-refractivity contribution in [3.05, 3.63) is 70.7 Å². The minimum Gasteiger partial charge on any atom is -0.351 e. The fraction of sp³-hybridized carbons (Fsp3) is 0.250. The molecule has 1 unspecified atom stereocenters. The Labute approximate surface area is 188 Å². The summed E-state index contributed by atoms with van der Waals surface area (Å²) in [7, 11) is 1.89. The van der Waals surface area contributed by atoms with E-state index in [0.29, 0.717) is 11.1 Å². The van der Waals surface area contributed by atoms with Crippen LogP contribution >= 0.6 is 0 Å². The molecule has 3 heterocycles. The number of rotatable bonds is 4. The Kier molecular flexibility index (Phi) is 4.96. The Bertz CT molecular complexity index is 1350. The molecule has 9 heteroatoms. The molecule has 0 bridgehead atoms. The van der Waals surface area contributed by atoms with Crippen LogP contribution in [0.4, 0.5) is 4.39 Å². The predicted molar refractivity (Wildman–Crippen MR) is 117 cm³/mol. The van der Waals surface area contributed by atoms with Crippen LogP contribution in [0.5, 0.6) is 0 Å². The highest BCUT2D eigenvalue weighted by Gasteiger charge is 2.39. The molecule has 1 aromatic heterocycles. The summed E-state index contributed by atoms with van der Waals surface area (Å²) in [4.78, 5) is 50.3. The lowest BCUT2D eigenvalue weighted by molar-refractivity contribution is -0.136. The molecule has 8 nitrogen and oxygen atoms in total. The van der Waals surface area contributed by atoms with E-state index in [4.69, 9.17) is 0 Å². The first-order valence-electron chi connectivity index (χ1n) is 10.6. The lowest BCUT2D eigenvalue weighted by Gasteiger charge is -2.29. The lowest BCUT2D eigenvalue weighted by atomic mass is 10.0. The third-order valence-electron chi connectivity index (χ3n) is 6.28. The fourth-order valence-corrected chi connectivity index (χ4v) is 4.46. The Morgan fingerprint density at radius 1 is 1.18 bits per heavy atom. The second kappa shape index (κ2) is 7.84. The van der Waals surface area contributed by atoms with E-state index in [1.807, 2.05) is 29.9 Å². The van der Waals surface area contributed by atoms with Crippen LogP contribution in [-0.2, 0) is 29.7 Å². The number of hydrogen-bond acceptors (Lipinski definition) is 4. The summed E-state index contributed by atoms with van der Waals surface area (Å²) in [5.41, 5.74) is 2.41. The van der Waals surface area contributed by atoms with E-state index in [9.17, 15) is 23.6 Å². The summed E-state index contributed by atoms with van der Waals surface area (Å²) in [6, 6.07) is 9.25. The first-order chi connectivity index (χ1) is 15.8. The first-order valence-corrected chi connectivity index (χ1v) is 10.6. The molecular weight excluding hydrogens is 427 g/mol. The van der Waals surface area contributed by atoms with Crippen molar-refractivity contribution in [2.75, 3.05) is 0 Å². The molecule has 2 N–H and O–H groups in total. The highest BCUT2D eigenvalue weighted by atomic mass is 19.1. The average Bonchev–Trinajstić information content (AvgIpc) is 3.31. The van der Waals surface area contributed by atoms with Crippen molar-refractivity contribution in [1.82, 2.24) is 20.1 Å². The zero-order valence-corrected chi connectivity index (χ0v) is 17.9. The van der Waals surface area contributed by atoms with Gasteiger partial charge in [-0.25, -0.2) is 4.39 Å². The number of amides is 4. The number of aryl methyl sites for hydroxylation is 1. The highest BCUT2D eigenvalue weighted by molar-refractivity contribution is 6.05. The molecule has 2 aliphatic rings. The number of fused-ring (bicyclic) bond motifs is 2. The van der Waals surface area contributed by atoms with E-state index in [1.165, 1.54) is 4.90 Å². The van der Waals surface area contributed by atoms with Gasteiger partial charge in [0.2, 0.25) is 11.8 Å². The third-order valence-corrected chi connectivity index (χ3v) is 6.28. The molecule has 2 aliphatic heterocycles. The topological polar surface area (TPSA) is 101 Å². The number of halogens is 1. The molecule has 0 aliphatic carbocycles. The van der Waals surface area contributed by atoms with Crippen molar-refractivity contribution in [3.8, 4) is 0 Å². The first kappa shape index (κ1) is 20.9. The molecule has 0 radical (unpaired) electrons. The number of hydrogen-bond donors (Lipinski definition) is 2. The molecule has 1 fully saturated rings. The summed E-state index contributed by atoms with van der Waals surface area (Å²) in [6.45, 7) is 0.0988. The van der Waals surface area contributed by atoms with Gasteiger partial charge in [-0.2, -0.15) is 0 Å². The van der Waals surface area contributed by atoms with E-state index < -0.39 is 23.7 Å². The molecule has 2 aromatic carbocycles. The summed E-state index contributed by atoms with van der Waals surface area (Å²) in [6.07, 6.45) is 2.30. The van der Waals surface area contributed by atoms with E-state index in [2.05, 4.69) is 10.6 Å². The van der Waals surface area contributed by atoms with Crippen LogP contribution in [0.1, 0.15) is 44.7 Å². The average molecular weight is 448 g/mol. The molecular formula is C24H21FN4O4. The third kappa shape index (κ3) is 3.65. The van der Waals surface area contributed by atoms with E-state index in [1.54, 1.807) is 18.2 Å². The standard InChI is InChI=1S/C24H21FN4O4/c1-28-7-6-13-2-3-14(9-20(13)28)22(31)26-11-15-8-16-12-29(24(33)17(16)10-18(15)25)19-4-5-21(30)27-23(19)32/h2-3,6-10,19H,4-5,11-12H2,1H3,(H,26,31)(H,27,30,32). The number of carbonyl (C=O) groups excluding carboxylic acids is 4. The van der Waals surface area contributed by atoms with Gasteiger partial charge in [0.25, 0.3) is 11.8 Å². The zero-order valence-electron chi connectivity index (χ0n) is 17.9. The van der Waals surface area contributed by atoms with Gasteiger partial charge in [-0.1, -0.05) is 6.07 Å². The van der Waals surface area contributed by atoms with E-state index in [-0.39, 0.29) is 48.9 Å². The molecule has 3 aromatic rings. The van der Waals surface area contributed by atoms with Gasteiger partial charge >= 0.3 is 0 Å². The van der Waals surface area contributed by atoms with E-state index >= 15 is 0 Å². The van der Waals surface area contributed by atoms with Crippen molar-refractivity contribution < 1.29 is 23.6 Å². The maximum Gasteiger partial charge on any atom is 0.255 e. The normalized spacial score (nSPS) is 17.9. The van der Waals surface area contributed by atoms with Crippen LogP contribution in [-0.4, -0.2) is 39.1 Å². The van der Waals surface area contributed by atoms with Crippen LogP contribution in [0, 0.1) is 5.82 Å². The largest absolute Gasteiger partial charge is 0.351 e. The van der Waals surface area contributed by atoms with Crippen molar-refractivity contribution in [2.45, 2.75) is 32.0 Å². The minimum atomic E-state index is -0.763. The summed E-state index contributed by atoms with van der Waals surface area (Å²) >= 11 is 0. The summed E-state index contributed by atoms with van der Waals surface area (Å²) in [5.74, 6) is -2.26. The Hall–Kier alpha value is -4.01. The molecule has 5 rings (SSSR count). The van der Waals surface area contributed by atoms with Crippen molar-refractivity contribution in [3.63, 3.8) is 0 Å². The highest BCUT2D eigenvalue weighted by Crippen LogP contribution is 2.29. The Morgan fingerprint density at radius 3 is 2.79 bits per heavy atom. The minimum absolute atomic E-state index is 0.0459. The monoisotopic (exact) mass is 448 g/mol. The maximum atomic E-state index is 14.7. The Balaban J connectivity index is 1.31. The van der Waals surface area contributed by atoms with Crippen LogP contribution in [0.15, 0.2) is 42.6 Å². The van der Waals surface area contributed by atoms with Crippen molar-refractivity contribution >= 4 is 34.5 Å². The second-order valence-corrected chi connectivity index (χ2v) is 8.38. The fourth-order valence-electron chi connectivity index (χ4n) is 4.46. The van der Waals surface area contributed by atoms with Gasteiger partial charge in [0.1, 0.15) is 11.9 Å². The number of piperidine rings is 1. The molecule has 33 heavy (non-hydrogen) atoms. The smallest absolute Gasteiger partial charge is 0.255 e. The molecule has 0 spiro atoms. The van der Waals surface area contributed by atoms with Crippen LogP contribution in [0.3, 0.4) is 0 Å². The lowest BCUT2D eigenvalue weighted by Crippen LogP contribution is -2.52. The second-order valence-electron chi connectivity index (χ2n) is 8.38. The number of imide groups is 1. The SMILES string of the molecule is Cn1ccc2ccc(C(=O)NCc3cc4c(cc3F)C(=O)N(C3CCC(=O)NC3=O)C4)cc21. The molecule has 4 amide bonds. The number of nitrogens with one attached hydrogen (secondary N) is 2. The molecule has 1 atom stereocenters. The van der Waals surface area contributed by atoms with E-state index in [0.717, 1.165) is 17.0 Å². The van der Waals surface area contributed by atoms with Gasteiger partial charge in [0.15, 0.2) is 0 Å². The van der Waals surface area contributed by atoms with Gasteiger partial charge in [0, 0.05) is 55.0 Å². The van der Waals surface area contributed by atoms with Gasteiger partial charge in [0.05, 0.1) is 0 Å². The maximum absolute atomic E-state index is 14.7. The predicted octanol–water partition coefficient (Wildman–Crippen LogP) is 2.01. The van der Waals surface area contributed by atoms with Crippen molar-refractivity contribution in [1.29, 1.82) is 0 Å². The van der Waals surface area contributed by atoms with Crippen LogP contribution < -0.4 is 10.6 Å². The van der Waals surface area contributed by atoms with Gasteiger partial charge in [-0.3, -0.25) is 24.5 Å². The molecule has 0 saturated carbocycles.